The van der Waals surface area contributed by atoms with Crippen LogP contribution < -0.4 is 16.4 Å². The highest BCUT2D eigenvalue weighted by Crippen LogP contribution is 2.24. The molecule has 0 saturated heterocycles. The van der Waals surface area contributed by atoms with Crippen LogP contribution in [0.4, 0.5) is 5.69 Å². The lowest BCUT2D eigenvalue weighted by Gasteiger charge is -2.17. The molecule has 0 aromatic heterocycles. The van der Waals surface area contributed by atoms with E-state index >= 15 is 0 Å². The van der Waals surface area contributed by atoms with Crippen LogP contribution >= 0.6 is 0 Å². The molecule has 19 heavy (non-hydrogen) atoms. The van der Waals surface area contributed by atoms with Crippen LogP contribution in [0.15, 0.2) is 18.2 Å². The number of carbonyl (C=O) groups is 1. The van der Waals surface area contributed by atoms with Crippen LogP contribution in [0.1, 0.15) is 30.4 Å². The second-order valence-corrected chi connectivity index (χ2v) is 5.62. The largest absolute Gasteiger partial charge is 0.326 e. The predicted octanol–water partition coefficient (Wildman–Crippen LogP) is 1.19. The van der Waals surface area contributed by atoms with Crippen LogP contribution in [0.5, 0.6) is 0 Å². The van der Waals surface area contributed by atoms with Crippen molar-refractivity contribution in [2.24, 2.45) is 5.73 Å². The fourth-order valence-corrected chi connectivity index (χ4v) is 3.08. The molecule has 0 spiro atoms. The Balaban J connectivity index is 1.53. The fourth-order valence-electron chi connectivity index (χ4n) is 3.08. The number of anilines is 1. The third-order valence-electron chi connectivity index (χ3n) is 4.18. The maximum Gasteiger partial charge on any atom is 0.228 e. The van der Waals surface area contributed by atoms with Crippen molar-refractivity contribution in [3.63, 3.8) is 0 Å². The first-order valence-electron chi connectivity index (χ1n) is 7.13. The third-order valence-corrected chi connectivity index (χ3v) is 4.18. The first-order chi connectivity index (χ1) is 9.22. The average molecular weight is 259 g/mol. The SMILES string of the molecule is NC1CCCC1NCCc1ccc2c(c1)CC(=O)N2. The first kappa shape index (κ1) is 12.6. The summed E-state index contributed by atoms with van der Waals surface area (Å²) in [4.78, 5) is 11.3. The lowest BCUT2D eigenvalue weighted by molar-refractivity contribution is -0.115. The Morgan fingerprint density at radius 3 is 3.05 bits per heavy atom. The van der Waals surface area contributed by atoms with E-state index in [1.807, 2.05) is 6.07 Å². The molecule has 4 heteroatoms. The predicted molar refractivity (Wildman–Crippen MR) is 76.1 cm³/mol. The molecule has 1 aliphatic carbocycles. The standard InChI is InChI=1S/C15H21N3O/c16-12-2-1-3-14(12)17-7-6-10-4-5-13-11(8-10)9-15(19)18-13/h4-5,8,12,14,17H,1-3,6-7,9,16H2,(H,18,19). The zero-order valence-electron chi connectivity index (χ0n) is 11.1. The molecule has 2 aliphatic rings. The summed E-state index contributed by atoms with van der Waals surface area (Å²) in [5.74, 6) is 0.0993. The summed E-state index contributed by atoms with van der Waals surface area (Å²) in [5.41, 5.74) is 9.42. The van der Waals surface area contributed by atoms with E-state index in [4.69, 9.17) is 5.73 Å². The molecule has 1 amide bonds. The van der Waals surface area contributed by atoms with Crippen molar-refractivity contribution in [2.75, 3.05) is 11.9 Å². The molecular formula is C15H21N3O. The zero-order chi connectivity index (χ0) is 13.2. The number of rotatable bonds is 4. The van der Waals surface area contributed by atoms with Gasteiger partial charge in [-0.05, 0) is 43.0 Å². The van der Waals surface area contributed by atoms with Crippen molar-refractivity contribution in [2.45, 2.75) is 44.2 Å². The molecule has 1 saturated carbocycles. The summed E-state index contributed by atoms with van der Waals surface area (Å²) in [6.07, 6.45) is 5.09. The smallest absolute Gasteiger partial charge is 0.228 e. The highest BCUT2D eigenvalue weighted by atomic mass is 16.1. The molecule has 102 valence electrons. The van der Waals surface area contributed by atoms with E-state index in [0.29, 0.717) is 18.5 Å². The van der Waals surface area contributed by atoms with Gasteiger partial charge in [-0.1, -0.05) is 18.6 Å². The monoisotopic (exact) mass is 259 g/mol. The van der Waals surface area contributed by atoms with Gasteiger partial charge in [0.2, 0.25) is 5.91 Å². The lowest BCUT2D eigenvalue weighted by Crippen LogP contribution is -2.41. The maximum atomic E-state index is 11.3. The van der Waals surface area contributed by atoms with Crippen LogP contribution in [0.3, 0.4) is 0 Å². The minimum atomic E-state index is 0.0993. The number of hydrogen-bond donors (Lipinski definition) is 3. The Kier molecular flexibility index (Phi) is 3.53. The van der Waals surface area contributed by atoms with Crippen LogP contribution in [-0.2, 0) is 17.6 Å². The van der Waals surface area contributed by atoms with Crippen molar-refractivity contribution >= 4 is 11.6 Å². The molecule has 2 unspecified atom stereocenters. The molecular weight excluding hydrogens is 238 g/mol. The number of nitrogens with one attached hydrogen (secondary N) is 2. The summed E-state index contributed by atoms with van der Waals surface area (Å²) in [6, 6.07) is 7.06. The van der Waals surface area contributed by atoms with E-state index in [9.17, 15) is 4.79 Å². The summed E-state index contributed by atoms with van der Waals surface area (Å²) in [5, 5.41) is 6.41. The van der Waals surface area contributed by atoms with Crippen LogP contribution in [0, 0.1) is 0 Å². The quantitative estimate of drug-likeness (QED) is 0.761. The number of nitrogens with two attached hydrogens (primary N) is 1. The second kappa shape index (κ2) is 5.31. The van der Waals surface area contributed by atoms with Crippen LogP contribution in [-0.4, -0.2) is 24.5 Å². The highest BCUT2D eigenvalue weighted by Gasteiger charge is 2.23. The normalized spacial score (nSPS) is 25.4. The zero-order valence-corrected chi connectivity index (χ0v) is 11.1. The third kappa shape index (κ3) is 2.80. The summed E-state index contributed by atoms with van der Waals surface area (Å²) < 4.78 is 0. The number of benzene rings is 1. The molecule has 1 heterocycles. The van der Waals surface area contributed by atoms with E-state index in [1.165, 1.54) is 18.4 Å². The van der Waals surface area contributed by atoms with Crippen molar-refractivity contribution in [3.8, 4) is 0 Å². The Bertz CT molecular complexity index is 486. The molecule has 3 rings (SSSR count). The van der Waals surface area contributed by atoms with Gasteiger partial charge in [-0.15, -0.1) is 0 Å². The molecule has 4 nitrogen and oxygen atoms in total. The maximum absolute atomic E-state index is 11.3. The number of carbonyl (C=O) groups excluding carboxylic acids is 1. The Morgan fingerprint density at radius 2 is 2.26 bits per heavy atom. The topological polar surface area (TPSA) is 67.1 Å². The van der Waals surface area contributed by atoms with Crippen molar-refractivity contribution < 1.29 is 4.79 Å². The van der Waals surface area contributed by atoms with Gasteiger partial charge in [-0.3, -0.25) is 4.79 Å². The molecule has 1 aromatic carbocycles. The molecule has 2 atom stereocenters. The number of hydrogen-bond acceptors (Lipinski definition) is 3. The van der Waals surface area contributed by atoms with Gasteiger partial charge in [0.15, 0.2) is 0 Å². The van der Waals surface area contributed by atoms with Crippen LogP contribution in [0.25, 0.3) is 0 Å². The Morgan fingerprint density at radius 1 is 1.37 bits per heavy atom. The van der Waals surface area contributed by atoms with Gasteiger partial charge in [-0.2, -0.15) is 0 Å². The van der Waals surface area contributed by atoms with Crippen molar-refractivity contribution in [1.29, 1.82) is 0 Å². The summed E-state index contributed by atoms with van der Waals surface area (Å²) in [7, 11) is 0. The fraction of sp³-hybridized carbons (Fsp3) is 0.533. The van der Waals surface area contributed by atoms with Crippen molar-refractivity contribution in [1.82, 2.24) is 5.32 Å². The van der Waals surface area contributed by atoms with Gasteiger partial charge in [0.05, 0.1) is 6.42 Å². The Hall–Kier alpha value is -1.39. The van der Waals surface area contributed by atoms with Gasteiger partial charge >= 0.3 is 0 Å². The van der Waals surface area contributed by atoms with Crippen LogP contribution in [0.2, 0.25) is 0 Å². The van der Waals surface area contributed by atoms with Gasteiger partial charge in [-0.25, -0.2) is 0 Å². The summed E-state index contributed by atoms with van der Waals surface area (Å²) >= 11 is 0. The first-order valence-corrected chi connectivity index (χ1v) is 7.13. The van der Waals surface area contributed by atoms with E-state index in [1.54, 1.807) is 0 Å². The van der Waals surface area contributed by atoms with E-state index in [-0.39, 0.29) is 5.91 Å². The average Bonchev–Trinajstić information content (AvgIpc) is 2.94. The second-order valence-electron chi connectivity index (χ2n) is 5.62. The van der Waals surface area contributed by atoms with E-state index < -0.39 is 0 Å². The number of fused-ring (bicyclic) bond motifs is 1. The molecule has 0 bridgehead atoms. The molecule has 0 radical (unpaired) electrons. The molecule has 1 fully saturated rings. The molecule has 4 N–H and O–H groups in total. The number of amides is 1. The highest BCUT2D eigenvalue weighted by molar-refractivity contribution is 5.99. The minimum absolute atomic E-state index is 0.0993. The molecule has 1 aliphatic heterocycles. The Labute approximate surface area is 113 Å². The van der Waals surface area contributed by atoms with E-state index in [2.05, 4.69) is 22.8 Å². The lowest BCUT2D eigenvalue weighted by atomic mass is 10.1. The van der Waals surface area contributed by atoms with Gasteiger partial charge in [0.1, 0.15) is 0 Å². The summed E-state index contributed by atoms with van der Waals surface area (Å²) in [6.45, 7) is 0.957. The van der Waals surface area contributed by atoms with E-state index in [0.717, 1.165) is 30.6 Å². The molecule has 1 aromatic rings. The van der Waals surface area contributed by atoms with Gasteiger partial charge < -0.3 is 16.4 Å². The van der Waals surface area contributed by atoms with Gasteiger partial charge in [0, 0.05) is 17.8 Å². The van der Waals surface area contributed by atoms with Gasteiger partial charge in [0.25, 0.3) is 0 Å². The van der Waals surface area contributed by atoms with Crippen molar-refractivity contribution in [3.05, 3.63) is 29.3 Å². The minimum Gasteiger partial charge on any atom is -0.326 e.